The molecule has 4 aromatic carbocycles. The summed E-state index contributed by atoms with van der Waals surface area (Å²) < 4.78 is 12.5. The van der Waals surface area contributed by atoms with Crippen molar-refractivity contribution in [1.82, 2.24) is 9.88 Å². The second-order valence-electron chi connectivity index (χ2n) is 9.96. The van der Waals surface area contributed by atoms with Crippen molar-refractivity contribution in [2.45, 2.75) is 31.9 Å². The standard InChI is InChI=1S/C34H33N3O5/c1-41-33(39)31(37-29-15-7-5-13-27(29)28-14-6-8-16-30(28)37)17-9-10-22-35-32(38)25-18-20-26(21-19-25)36-34(40)42-23-24-11-3-2-4-12-24/h2-8,11-16,18-21,31H,9-10,17,22-23H2,1H3,(H,35,38)(H,36,40)/t31-/m0/s1. The predicted molar refractivity (Wildman–Crippen MR) is 163 cm³/mol. The van der Waals surface area contributed by atoms with Gasteiger partial charge >= 0.3 is 12.1 Å². The van der Waals surface area contributed by atoms with Gasteiger partial charge in [0.1, 0.15) is 12.6 Å². The monoisotopic (exact) mass is 563 g/mol. The van der Waals surface area contributed by atoms with Gasteiger partial charge in [-0.05, 0) is 61.2 Å². The van der Waals surface area contributed by atoms with Gasteiger partial charge < -0.3 is 19.4 Å². The smallest absolute Gasteiger partial charge is 0.411 e. The normalized spacial score (nSPS) is 11.6. The molecule has 0 fully saturated rings. The summed E-state index contributed by atoms with van der Waals surface area (Å²) in [6.07, 6.45) is 1.42. The van der Waals surface area contributed by atoms with Crippen LogP contribution < -0.4 is 10.6 Å². The molecule has 1 heterocycles. The largest absolute Gasteiger partial charge is 0.467 e. The summed E-state index contributed by atoms with van der Waals surface area (Å²) in [7, 11) is 1.41. The second kappa shape index (κ2) is 13.5. The van der Waals surface area contributed by atoms with E-state index in [1.807, 2.05) is 66.7 Å². The number of unbranched alkanes of at least 4 members (excludes halogenated alkanes) is 1. The van der Waals surface area contributed by atoms with E-state index in [2.05, 4.69) is 27.3 Å². The molecule has 0 saturated heterocycles. The van der Waals surface area contributed by atoms with Crippen molar-refractivity contribution in [2.24, 2.45) is 0 Å². The number of ether oxygens (including phenoxy) is 2. The Morgan fingerprint density at radius 2 is 1.38 bits per heavy atom. The van der Waals surface area contributed by atoms with Gasteiger partial charge in [0.2, 0.25) is 0 Å². The molecule has 214 valence electrons. The molecular formula is C34H33N3O5. The molecular weight excluding hydrogens is 530 g/mol. The Bertz CT molecular complexity index is 1630. The molecule has 0 aliphatic rings. The van der Waals surface area contributed by atoms with Crippen molar-refractivity contribution in [3.63, 3.8) is 0 Å². The van der Waals surface area contributed by atoms with Crippen molar-refractivity contribution >= 4 is 45.5 Å². The fourth-order valence-electron chi connectivity index (χ4n) is 5.13. The summed E-state index contributed by atoms with van der Waals surface area (Å²) in [5.41, 5.74) is 3.89. The van der Waals surface area contributed by atoms with Crippen LogP contribution in [0, 0.1) is 0 Å². The van der Waals surface area contributed by atoms with E-state index in [9.17, 15) is 14.4 Å². The second-order valence-corrected chi connectivity index (χ2v) is 9.96. The highest BCUT2D eigenvalue weighted by molar-refractivity contribution is 6.08. The Balaban J connectivity index is 1.12. The van der Waals surface area contributed by atoms with Gasteiger partial charge in [0.25, 0.3) is 5.91 Å². The minimum Gasteiger partial charge on any atom is -0.467 e. The number of hydrogen-bond donors (Lipinski definition) is 2. The number of aromatic nitrogens is 1. The van der Waals surface area contributed by atoms with Crippen LogP contribution in [0.15, 0.2) is 103 Å². The molecule has 0 radical (unpaired) electrons. The number of rotatable bonds is 11. The van der Waals surface area contributed by atoms with Crippen LogP contribution >= 0.6 is 0 Å². The fraction of sp³-hybridized carbons (Fsp3) is 0.206. The third kappa shape index (κ3) is 6.61. The van der Waals surface area contributed by atoms with E-state index < -0.39 is 12.1 Å². The molecule has 8 heteroatoms. The van der Waals surface area contributed by atoms with Crippen LogP contribution in [0.25, 0.3) is 21.8 Å². The fourth-order valence-corrected chi connectivity index (χ4v) is 5.13. The highest BCUT2D eigenvalue weighted by atomic mass is 16.5. The first-order valence-electron chi connectivity index (χ1n) is 14.0. The Morgan fingerprint density at radius 1 is 0.762 bits per heavy atom. The van der Waals surface area contributed by atoms with Crippen LogP contribution in [0.3, 0.4) is 0 Å². The molecule has 0 spiro atoms. The van der Waals surface area contributed by atoms with Crippen LogP contribution in [0.4, 0.5) is 10.5 Å². The topological polar surface area (TPSA) is 98.7 Å². The zero-order chi connectivity index (χ0) is 29.3. The van der Waals surface area contributed by atoms with Gasteiger partial charge in [-0.15, -0.1) is 0 Å². The van der Waals surface area contributed by atoms with E-state index >= 15 is 0 Å². The lowest BCUT2D eigenvalue weighted by atomic mass is 10.1. The summed E-state index contributed by atoms with van der Waals surface area (Å²) in [4.78, 5) is 37.6. The Morgan fingerprint density at radius 3 is 2.02 bits per heavy atom. The van der Waals surface area contributed by atoms with Crippen LogP contribution in [0.5, 0.6) is 0 Å². The molecule has 0 bridgehead atoms. The first-order chi connectivity index (χ1) is 20.5. The molecule has 2 N–H and O–H groups in total. The number of anilines is 1. The molecule has 1 atom stereocenters. The Hall–Kier alpha value is -5.11. The highest BCUT2D eigenvalue weighted by Crippen LogP contribution is 2.33. The average molecular weight is 564 g/mol. The summed E-state index contributed by atoms with van der Waals surface area (Å²) in [6, 6.07) is 31.7. The molecule has 42 heavy (non-hydrogen) atoms. The molecule has 0 aliphatic carbocycles. The average Bonchev–Trinajstić information content (AvgIpc) is 3.36. The zero-order valence-electron chi connectivity index (χ0n) is 23.4. The van der Waals surface area contributed by atoms with Gasteiger partial charge in [0.05, 0.1) is 7.11 Å². The van der Waals surface area contributed by atoms with E-state index in [1.54, 1.807) is 24.3 Å². The van der Waals surface area contributed by atoms with Crippen molar-refractivity contribution in [1.29, 1.82) is 0 Å². The first-order valence-corrected chi connectivity index (χ1v) is 14.0. The predicted octanol–water partition coefficient (Wildman–Crippen LogP) is 6.86. The molecule has 0 aliphatic heterocycles. The number of fused-ring (bicyclic) bond motifs is 3. The molecule has 2 amide bonds. The molecule has 0 unspecified atom stereocenters. The maximum atomic E-state index is 12.9. The number of carbonyl (C=O) groups is 3. The van der Waals surface area contributed by atoms with E-state index in [0.29, 0.717) is 30.6 Å². The van der Waals surface area contributed by atoms with E-state index in [0.717, 1.165) is 33.8 Å². The number of para-hydroxylation sites is 2. The molecule has 8 nitrogen and oxygen atoms in total. The van der Waals surface area contributed by atoms with Gasteiger partial charge in [-0.25, -0.2) is 9.59 Å². The quantitative estimate of drug-likeness (QED) is 0.135. The van der Waals surface area contributed by atoms with Crippen molar-refractivity contribution in [3.8, 4) is 0 Å². The first kappa shape index (κ1) is 28.4. The lowest BCUT2D eigenvalue weighted by Gasteiger charge is -2.19. The van der Waals surface area contributed by atoms with Crippen LogP contribution in [-0.2, 0) is 20.9 Å². The van der Waals surface area contributed by atoms with Gasteiger partial charge in [-0.3, -0.25) is 10.1 Å². The number of nitrogens with one attached hydrogen (secondary N) is 2. The minimum absolute atomic E-state index is 0.173. The van der Waals surface area contributed by atoms with Crippen molar-refractivity contribution < 1.29 is 23.9 Å². The summed E-state index contributed by atoms with van der Waals surface area (Å²) in [6.45, 7) is 0.637. The summed E-state index contributed by atoms with van der Waals surface area (Å²) in [5.74, 6) is -0.497. The van der Waals surface area contributed by atoms with E-state index in [1.165, 1.54) is 7.11 Å². The Kier molecular flexibility index (Phi) is 9.13. The number of methoxy groups -OCH3 is 1. The van der Waals surface area contributed by atoms with Crippen LogP contribution in [0.2, 0.25) is 0 Å². The van der Waals surface area contributed by atoms with Gasteiger partial charge in [0, 0.05) is 39.6 Å². The van der Waals surface area contributed by atoms with Crippen LogP contribution in [0.1, 0.15) is 41.2 Å². The third-order valence-electron chi connectivity index (χ3n) is 7.20. The van der Waals surface area contributed by atoms with E-state index in [4.69, 9.17) is 9.47 Å². The lowest BCUT2D eigenvalue weighted by molar-refractivity contribution is -0.144. The highest BCUT2D eigenvalue weighted by Gasteiger charge is 2.25. The Labute approximate surface area is 244 Å². The maximum Gasteiger partial charge on any atom is 0.411 e. The maximum absolute atomic E-state index is 12.9. The summed E-state index contributed by atoms with van der Waals surface area (Å²) >= 11 is 0. The summed E-state index contributed by atoms with van der Waals surface area (Å²) in [5, 5.41) is 7.79. The number of carbonyl (C=O) groups excluding carboxylic acids is 3. The van der Waals surface area contributed by atoms with Gasteiger partial charge in [-0.2, -0.15) is 0 Å². The van der Waals surface area contributed by atoms with Crippen molar-refractivity contribution in [3.05, 3.63) is 114 Å². The number of nitrogens with zero attached hydrogens (tertiary/aromatic N) is 1. The third-order valence-corrected chi connectivity index (χ3v) is 7.20. The number of amides is 2. The number of esters is 1. The van der Waals surface area contributed by atoms with Crippen LogP contribution in [-0.4, -0.2) is 36.2 Å². The van der Waals surface area contributed by atoms with Gasteiger partial charge in [0.15, 0.2) is 0 Å². The van der Waals surface area contributed by atoms with Gasteiger partial charge in [-0.1, -0.05) is 66.7 Å². The molecule has 0 saturated carbocycles. The SMILES string of the molecule is COC(=O)[C@H](CCCCNC(=O)c1ccc(NC(=O)OCc2ccccc2)cc1)n1c2ccccc2c2ccccc21. The van der Waals surface area contributed by atoms with E-state index in [-0.39, 0.29) is 18.5 Å². The van der Waals surface area contributed by atoms with Crippen molar-refractivity contribution in [2.75, 3.05) is 19.0 Å². The molecule has 1 aromatic heterocycles. The molecule has 5 rings (SSSR count). The minimum atomic E-state index is -0.567. The zero-order valence-corrected chi connectivity index (χ0v) is 23.4. The lowest BCUT2D eigenvalue weighted by Crippen LogP contribution is -2.25. The number of benzene rings is 4. The molecule has 5 aromatic rings. The number of hydrogen-bond acceptors (Lipinski definition) is 5.